The Kier molecular flexibility index (Phi) is 5.15. The zero-order valence-electron chi connectivity index (χ0n) is 13.4. The van der Waals surface area contributed by atoms with Crippen molar-refractivity contribution in [3.05, 3.63) is 46.2 Å². The molecule has 0 radical (unpaired) electrons. The normalized spacial score (nSPS) is 14.5. The molecular formula is C18H21N3O2S. The molecule has 1 aromatic carbocycles. The van der Waals surface area contributed by atoms with Gasteiger partial charge < -0.3 is 16.4 Å². The minimum atomic E-state index is -0.189. The summed E-state index contributed by atoms with van der Waals surface area (Å²) in [4.78, 5) is 25.9. The van der Waals surface area contributed by atoms with E-state index in [9.17, 15) is 9.59 Å². The van der Waals surface area contributed by atoms with Crippen LogP contribution in [0.15, 0.2) is 36.4 Å². The standard InChI is InChI=1S/C18H21N3O2S/c19-14-7-3-4-8-15(14)21-18(23)16-10-9-13(24-16)11-20-17(22)12-5-1-2-6-12/h3-4,7-10,12H,1-2,5-6,11,19H2,(H,20,22)(H,21,23). The van der Waals surface area contributed by atoms with E-state index in [1.807, 2.05) is 18.2 Å². The van der Waals surface area contributed by atoms with Crippen LogP contribution in [0.5, 0.6) is 0 Å². The monoisotopic (exact) mass is 343 g/mol. The van der Waals surface area contributed by atoms with Crippen LogP contribution in [0.3, 0.4) is 0 Å². The van der Waals surface area contributed by atoms with Crippen molar-refractivity contribution >= 4 is 34.5 Å². The number of carbonyl (C=O) groups excluding carboxylic acids is 2. The highest BCUT2D eigenvalue weighted by Gasteiger charge is 2.22. The van der Waals surface area contributed by atoms with Crippen molar-refractivity contribution < 1.29 is 9.59 Å². The number of anilines is 2. The second-order valence-corrected chi connectivity index (χ2v) is 7.17. The smallest absolute Gasteiger partial charge is 0.265 e. The third kappa shape index (κ3) is 3.94. The fourth-order valence-electron chi connectivity index (χ4n) is 2.90. The van der Waals surface area contributed by atoms with Gasteiger partial charge in [0.05, 0.1) is 22.8 Å². The van der Waals surface area contributed by atoms with E-state index in [4.69, 9.17) is 5.73 Å². The second-order valence-electron chi connectivity index (χ2n) is 6.01. The highest BCUT2D eigenvalue weighted by molar-refractivity contribution is 7.14. The molecule has 2 amide bonds. The number of nitrogens with one attached hydrogen (secondary N) is 2. The summed E-state index contributed by atoms with van der Waals surface area (Å²) in [6.07, 6.45) is 4.26. The molecule has 0 spiro atoms. The summed E-state index contributed by atoms with van der Waals surface area (Å²) in [5, 5.41) is 5.78. The van der Waals surface area contributed by atoms with E-state index in [0.29, 0.717) is 22.8 Å². The van der Waals surface area contributed by atoms with Gasteiger partial charge in [0.1, 0.15) is 0 Å². The minimum absolute atomic E-state index is 0.129. The lowest BCUT2D eigenvalue weighted by atomic mass is 10.1. The van der Waals surface area contributed by atoms with Crippen molar-refractivity contribution in [1.29, 1.82) is 0 Å². The average Bonchev–Trinajstić information content (AvgIpc) is 3.26. The molecule has 0 bridgehead atoms. The topological polar surface area (TPSA) is 84.2 Å². The van der Waals surface area contributed by atoms with Gasteiger partial charge in [0.25, 0.3) is 5.91 Å². The van der Waals surface area contributed by atoms with Gasteiger partial charge in [-0.05, 0) is 37.1 Å². The Bertz CT molecular complexity index is 735. The molecule has 1 aromatic heterocycles. The Morgan fingerprint density at radius 1 is 1.12 bits per heavy atom. The molecule has 5 nitrogen and oxygen atoms in total. The number of amides is 2. The van der Waals surface area contributed by atoms with Gasteiger partial charge in [0.15, 0.2) is 0 Å². The fraction of sp³-hybridized carbons (Fsp3) is 0.333. The Hall–Kier alpha value is -2.34. The number of hydrogen-bond donors (Lipinski definition) is 3. The van der Waals surface area contributed by atoms with Gasteiger partial charge in [-0.1, -0.05) is 25.0 Å². The molecule has 1 aliphatic carbocycles. The molecule has 6 heteroatoms. The first-order valence-electron chi connectivity index (χ1n) is 8.16. The summed E-state index contributed by atoms with van der Waals surface area (Å²) in [5.41, 5.74) is 6.97. The molecule has 24 heavy (non-hydrogen) atoms. The lowest BCUT2D eigenvalue weighted by Gasteiger charge is -2.09. The van der Waals surface area contributed by atoms with Crippen molar-refractivity contribution in [3.63, 3.8) is 0 Å². The molecule has 0 aliphatic heterocycles. The van der Waals surface area contributed by atoms with Gasteiger partial charge in [0.2, 0.25) is 5.91 Å². The third-order valence-electron chi connectivity index (χ3n) is 4.26. The van der Waals surface area contributed by atoms with Crippen molar-refractivity contribution in [2.45, 2.75) is 32.2 Å². The van der Waals surface area contributed by atoms with Crippen LogP contribution in [0, 0.1) is 5.92 Å². The molecule has 0 atom stereocenters. The van der Waals surface area contributed by atoms with Gasteiger partial charge in [-0.2, -0.15) is 0 Å². The van der Waals surface area contributed by atoms with Crippen molar-refractivity contribution in [1.82, 2.24) is 5.32 Å². The second kappa shape index (κ2) is 7.49. The Labute approximate surface area is 145 Å². The lowest BCUT2D eigenvalue weighted by molar-refractivity contribution is -0.124. The summed E-state index contributed by atoms with van der Waals surface area (Å²) in [5.74, 6) is 0.101. The summed E-state index contributed by atoms with van der Waals surface area (Å²) >= 11 is 1.38. The first-order valence-corrected chi connectivity index (χ1v) is 8.97. The maximum atomic E-state index is 12.3. The van der Waals surface area contributed by atoms with E-state index in [2.05, 4.69) is 10.6 Å². The van der Waals surface area contributed by atoms with Crippen LogP contribution < -0.4 is 16.4 Å². The van der Waals surface area contributed by atoms with E-state index < -0.39 is 0 Å². The molecule has 1 aliphatic rings. The third-order valence-corrected chi connectivity index (χ3v) is 5.34. The number of thiophene rings is 1. The molecular weight excluding hydrogens is 322 g/mol. The van der Waals surface area contributed by atoms with Gasteiger partial charge in [-0.25, -0.2) is 0 Å². The first-order chi connectivity index (χ1) is 11.6. The number of nitrogens with two attached hydrogens (primary N) is 1. The van der Waals surface area contributed by atoms with Gasteiger partial charge in [-0.15, -0.1) is 11.3 Å². The SMILES string of the molecule is Nc1ccccc1NC(=O)c1ccc(CNC(=O)C2CCCC2)s1. The molecule has 1 heterocycles. The Morgan fingerprint density at radius 3 is 2.62 bits per heavy atom. The van der Waals surface area contributed by atoms with Crippen LogP contribution in [-0.2, 0) is 11.3 Å². The number of benzene rings is 1. The number of nitrogen functional groups attached to an aromatic ring is 1. The van der Waals surface area contributed by atoms with Gasteiger partial charge in [0, 0.05) is 10.8 Å². The Morgan fingerprint density at radius 2 is 1.88 bits per heavy atom. The van der Waals surface area contributed by atoms with Gasteiger partial charge in [-0.3, -0.25) is 9.59 Å². The van der Waals surface area contributed by atoms with E-state index in [0.717, 1.165) is 30.6 Å². The van der Waals surface area contributed by atoms with Crippen LogP contribution in [0.1, 0.15) is 40.2 Å². The Balaban J connectivity index is 1.55. The molecule has 0 saturated heterocycles. The number of para-hydroxylation sites is 2. The first kappa shape index (κ1) is 16.5. The van der Waals surface area contributed by atoms with E-state index in [1.54, 1.807) is 18.2 Å². The summed E-state index contributed by atoms with van der Waals surface area (Å²) in [6.45, 7) is 0.473. The number of rotatable bonds is 5. The molecule has 1 fully saturated rings. The van der Waals surface area contributed by atoms with Crippen LogP contribution in [0.4, 0.5) is 11.4 Å². The predicted octanol–water partition coefficient (Wildman–Crippen LogP) is 3.39. The zero-order chi connectivity index (χ0) is 16.9. The summed E-state index contributed by atoms with van der Waals surface area (Å²) in [7, 11) is 0. The van der Waals surface area contributed by atoms with Crippen LogP contribution >= 0.6 is 11.3 Å². The fourth-order valence-corrected chi connectivity index (χ4v) is 3.74. The molecule has 3 rings (SSSR count). The van der Waals surface area contributed by atoms with Crippen molar-refractivity contribution in [2.75, 3.05) is 11.1 Å². The van der Waals surface area contributed by atoms with E-state index in [1.165, 1.54) is 11.3 Å². The predicted molar refractivity (Wildman–Crippen MR) is 96.9 cm³/mol. The molecule has 2 aromatic rings. The molecule has 0 unspecified atom stereocenters. The van der Waals surface area contributed by atoms with Gasteiger partial charge >= 0.3 is 0 Å². The van der Waals surface area contributed by atoms with E-state index >= 15 is 0 Å². The quantitative estimate of drug-likeness (QED) is 0.728. The maximum Gasteiger partial charge on any atom is 0.265 e. The average molecular weight is 343 g/mol. The highest BCUT2D eigenvalue weighted by atomic mass is 32.1. The molecule has 4 N–H and O–H groups in total. The summed E-state index contributed by atoms with van der Waals surface area (Å²) < 4.78 is 0. The maximum absolute atomic E-state index is 12.3. The van der Waals surface area contributed by atoms with Crippen molar-refractivity contribution in [2.24, 2.45) is 5.92 Å². The van der Waals surface area contributed by atoms with Crippen molar-refractivity contribution in [3.8, 4) is 0 Å². The van der Waals surface area contributed by atoms with E-state index in [-0.39, 0.29) is 17.7 Å². The number of hydrogen-bond acceptors (Lipinski definition) is 4. The summed E-state index contributed by atoms with van der Waals surface area (Å²) in [6, 6.07) is 10.8. The minimum Gasteiger partial charge on any atom is -0.397 e. The molecule has 126 valence electrons. The van der Waals surface area contributed by atoms with Crippen LogP contribution in [0.25, 0.3) is 0 Å². The molecule has 1 saturated carbocycles. The van der Waals surface area contributed by atoms with Crippen LogP contribution in [0.2, 0.25) is 0 Å². The zero-order valence-corrected chi connectivity index (χ0v) is 14.2. The highest BCUT2D eigenvalue weighted by Crippen LogP contribution is 2.25. The van der Waals surface area contributed by atoms with Crippen LogP contribution in [-0.4, -0.2) is 11.8 Å². The lowest BCUT2D eigenvalue weighted by Crippen LogP contribution is -2.28. The number of carbonyl (C=O) groups is 2. The largest absolute Gasteiger partial charge is 0.397 e.